The molecule has 134 valence electrons. The summed E-state index contributed by atoms with van der Waals surface area (Å²) in [5.74, 6) is 0.0690. The van der Waals surface area contributed by atoms with Crippen molar-refractivity contribution in [3.63, 3.8) is 0 Å². The van der Waals surface area contributed by atoms with Gasteiger partial charge in [-0.1, -0.05) is 19.4 Å². The lowest BCUT2D eigenvalue weighted by molar-refractivity contribution is 0.0934. The molecule has 7 heteroatoms. The summed E-state index contributed by atoms with van der Waals surface area (Å²) in [6.07, 6.45) is 5.77. The molecule has 2 rings (SSSR count). The number of sulfone groups is 1. The average Bonchev–Trinajstić information content (AvgIpc) is 2.60. The van der Waals surface area contributed by atoms with Crippen molar-refractivity contribution < 1.29 is 17.9 Å². The van der Waals surface area contributed by atoms with Crippen LogP contribution in [-0.2, 0) is 9.84 Å². The number of hydrogen-bond donors (Lipinski definition) is 1. The second-order valence-corrected chi connectivity index (χ2v) is 7.72. The molecule has 1 atom stereocenters. The summed E-state index contributed by atoms with van der Waals surface area (Å²) in [4.78, 5) is 16.4. The van der Waals surface area contributed by atoms with E-state index in [1.54, 1.807) is 42.7 Å². The Balaban J connectivity index is 2.35. The minimum Gasteiger partial charge on any atom is -0.495 e. The van der Waals surface area contributed by atoms with E-state index in [1.807, 2.05) is 6.92 Å². The number of carbonyl (C=O) groups is 1. The van der Waals surface area contributed by atoms with Gasteiger partial charge in [0.2, 0.25) is 0 Å². The third-order valence-electron chi connectivity index (χ3n) is 3.81. The summed E-state index contributed by atoms with van der Waals surface area (Å²) in [6, 6.07) is 7.94. The molecule has 0 spiro atoms. The van der Waals surface area contributed by atoms with Crippen LogP contribution in [0.25, 0.3) is 0 Å². The average molecular weight is 362 g/mol. The Kier molecular flexibility index (Phi) is 6.14. The van der Waals surface area contributed by atoms with Crippen LogP contribution in [-0.4, -0.2) is 32.7 Å². The van der Waals surface area contributed by atoms with E-state index in [4.69, 9.17) is 4.74 Å². The molecule has 0 unspecified atom stereocenters. The van der Waals surface area contributed by atoms with Crippen molar-refractivity contribution in [3.05, 3.63) is 53.9 Å². The number of amides is 1. The summed E-state index contributed by atoms with van der Waals surface area (Å²) >= 11 is 0. The Labute approximate surface area is 148 Å². The SMILES string of the molecule is CCC[C@@H](NC(=O)c1ccncc1)c1ccc(OC)c(S(C)(=O)=O)c1. The van der Waals surface area contributed by atoms with E-state index in [0.29, 0.717) is 17.7 Å². The summed E-state index contributed by atoms with van der Waals surface area (Å²) in [5, 5.41) is 2.96. The van der Waals surface area contributed by atoms with Gasteiger partial charge in [0.15, 0.2) is 9.84 Å². The fraction of sp³-hybridized carbons (Fsp3) is 0.333. The van der Waals surface area contributed by atoms with Gasteiger partial charge in [0, 0.05) is 24.2 Å². The zero-order valence-electron chi connectivity index (χ0n) is 14.5. The zero-order chi connectivity index (χ0) is 18.4. The second kappa shape index (κ2) is 8.11. The van der Waals surface area contributed by atoms with E-state index < -0.39 is 9.84 Å². The van der Waals surface area contributed by atoms with Gasteiger partial charge in [-0.05, 0) is 36.2 Å². The molecule has 1 amide bonds. The van der Waals surface area contributed by atoms with Gasteiger partial charge in [-0.15, -0.1) is 0 Å². The molecule has 6 nitrogen and oxygen atoms in total. The van der Waals surface area contributed by atoms with Crippen LogP contribution in [0.4, 0.5) is 0 Å². The molecule has 25 heavy (non-hydrogen) atoms. The Hall–Kier alpha value is -2.41. The predicted molar refractivity (Wildman–Crippen MR) is 95.5 cm³/mol. The second-order valence-electron chi connectivity index (χ2n) is 5.73. The van der Waals surface area contributed by atoms with E-state index >= 15 is 0 Å². The third-order valence-corrected chi connectivity index (χ3v) is 4.93. The molecule has 1 N–H and O–H groups in total. The van der Waals surface area contributed by atoms with Crippen molar-refractivity contribution in [3.8, 4) is 5.75 Å². The quantitative estimate of drug-likeness (QED) is 0.818. The van der Waals surface area contributed by atoms with Crippen LogP contribution in [0.1, 0.15) is 41.7 Å². The summed E-state index contributed by atoms with van der Waals surface area (Å²) in [7, 11) is -2.01. The van der Waals surface area contributed by atoms with Crippen LogP contribution in [0.15, 0.2) is 47.6 Å². The summed E-state index contributed by atoms with van der Waals surface area (Å²) in [6.45, 7) is 2.01. The first-order valence-electron chi connectivity index (χ1n) is 7.95. The lowest BCUT2D eigenvalue weighted by Crippen LogP contribution is -2.28. The van der Waals surface area contributed by atoms with E-state index in [-0.39, 0.29) is 16.8 Å². The van der Waals surface area contributed by atoms with Gasteiger partial charge in [0.1, 0.15) is 10.6 Å². The van der Waals surface area contributed by atoms with Crippen molar-refractivity contribution in [1.29, 1.82) is 0 Å². The minimum atomic E-state index is -3.44. The van der Waals surface area contributed by atoms with Crippen molar-refractivity contribution in [2.75, 3.05) is 13.4 Å². The largest absolute Gasteiger partial charge is 0.495 e. The van der Waals surface area contributed by atoms with Crippen LogP contribution >= 0.6 is 0 Å². The molecule has 1 aromatic heterocycles. The van der Waals surface area contributed by atoms with Gasteiger partial charge in [-0.25, -0.2) is 8.42 Å². The minimum absolute atomic E-state index is 0.117. The zero-order valence-corrected chi connectivity index (χ0v) is 15.3. The van der Waals surface area contributed by atoms with Gasteiger partial charge in [-0.3, -0.25) is 9.78 Å². The van der Waals surface area contributed by atoms with Crippen molar-refractivity contribution in [2.45, 2.75) is 30.7 Å². The van der Waals surface area contributed by atoms with Gasteiger partial charge in [0.25, 0.3) is 5.91 Å². The molecule has 0 fully saturated rings. The van der Waals surface area contributed by atoms with Crippen molar-refractivity contribution >= 4 is 15.7 Å². The third kappa shape index (κ3) is 4.79. The van der Waals surface area contributed by atoms with Gasteiger partial charge in [0.05, 0.1) is 13.2 Å². The molecule has 0 aliphatic heterocycles. The molecule has 0 saturated carbocycles. The first-order valence-corrected chi connectivity index (χ1v) is 9.84. The van der Waals surface area contributed by atoms with Gasteiger partial charge >= 0.3 is 0 Å². The molecular weight excluding hydrogens is 340 g/mol. The maximum Gasteiger partial charge on any atom is 0.251 e. The van der Waals surface area contributed by atoms with Crippen LogP contribution in [0, 0.1) is 0 Å². The first kappa shape index (κ1) is 18.9. The van der Waals surface area contributed by atoms with Crippen LogP contribution in [0.3, 0.4) is 0 Å². The number of benzene rings is 1. The number of nitrogens with one attached hydrogen (secondary N) is 1. The lowest BCUT2D eigenvalue weighted by Gasteiger charge is -2.20. The lowest BCUT2D eigenvalue weighted by atomic mass is 10.0. The fourth-order valence-electron chi connectivity index (χ4n) is 2.56. The molecular formula is C18H22N2O4S. The highest BCUT2D eigenvalue weighted by atomic mass is 32.2. The van der Waals surface area contributed by atoms with Gasteiger partial charge in [-0.2, -0.15) is 0 Å². The molecule has 0 aliphatic carbocycles. The Bertz CT molecular complexity index is 835. The number of aromatic nitrogens is 1. The number of methoxy groups -OCH3 is 1. The Morgan fingerprint density at radius 3 is 2.48 bits per heavy atom. The molecule has 0 saturated heterocycles. The molecule has 0 bridgehead atoms. The standard InChI is InChI=1S/C18H22N2O4S/c1-4-5-15(20-18(21)13-8-10-19-11-9-13)14-6-7-16(24-2)17(12-14)25(3,22)23/h6-12,15H,4-5H2,1-3H3,(H,20,21)/t15-/m1/s1. The highest BCUT2D eigenvalue weighted by Gasteiger charge is 2.20. The number of nitrogens with zero attached hydrogens (tertiary/aromatic N) is 1. The molecule has 0 aliphatic rings. The number of ether oxygens (including phenoxy) is 1. The molecule has 1 heterocycles. The summed E-state index contributed by atoms with van der Waals surface area (Å²) < 4.78 is 29.2. The Morgan fingerprint density at radius 1 is 1.24 bits per heavy atom. The number of pyridine rings is 1. The van der Waals surface area contributed by atoms with E-state index in [2.05, 4.69) is 10.3 Å². The van der Waals surface area contributed by atoms with E-state index in [1.165, 1.54) is 7.11 Å². The van der Waals surface area contributed by atoms with Crippen LogP contribution < -0.4 is 10.1 Å². The number of hydrogen-bond acceptors (Lipinski definition) is 5. The predicted octanol–water partition coefficient (Wildman–Crippen LogP) is 2.76. The van der Waals surface area contributed by atoms with Crippen molar-refractivity contribution in [2.24, 2.45) is 0 Å². The molecule has 1 aromatic carbocycles. The molecule has 2 aromatic rings. The maximum atomic E-state index is 12.4. The highest BCUT2D eigenvalue weighted by Crippen LogP contribution is 2.29. The number of carbonyl (C=O) groups excluding carboxylic acids is 1. The van der Waals surface area contributed by atoms with Crippen molar-refractivity contribution in [1.82, 2.24) is 10.3 Å². The topological polar surface area (TPSA) is 85.4 Å². The van der Waals surface area contributed by atoms with Crippen LogP contribution in [0.5, 0.6) is 5.75 Å². The Morgan fingerprint density at radius 2 is 1.92 bits per heavy atom. The van der Waals surface area contributed by atoms with Crippen LogP contribution in [0.2, 0.25) is 0 Å². The normalized spacial score (nSPS) is 12.4. The smallest absolute Gasteiger partial charge is 0.251 e. The van der Waals surface area contributed by atoms with E-state index in [9.17, 15) is 13.2 Å². The summed E-state index contributed by atoms with van der Waals surface area (Å²) in [5.41, 5.74) is 1.23. The first-order chi connectivity index (χ1) is 11.9. The maximum absolute atomic E-state index is 12.4. The van der Waals surface area contributed by atoms with E-state index in [0.717, 1.165) is 18.2 Å². The monoisotopic (exact) mass is 362 g/mol. The highest BCUT2D eigenvalue weighted by molar-refractivity contribution is 7.90. The fourth-order valence-corrected chi connectivity index (χ4v) is 3.42. The number of rotatable bonds is 7. The molecule has 0 radical (unpaired) electrons. The van der Waals surface area contributed by atoms with Gasteiger partial charge < -0.3 is 10.1 Å².